The summed E-state index contributed by atoms with van der Waals surface area (Å²) >= 11 is 6.22. The van der Waals surface area contributed by atoms with Gasteiger partial charge in [-0.1, -0.05) is 6.92 Å². The molecule has 0 fully saturated rings. The van der Waals surface area contributed by atoms with Gasteiger partial charge in [0.15, 0.2) is 11.5 Å². The Morgan fingerprint density at radius 3 is 2.13 bits per heavy atom. The van der Waals surface area contributed by atoms with Gasteiger partial charge in [-0.15, -0.1) is 0 Å². The molecule has 15 heavy (non-hydrogen) atoms. The van der Waals surface area contributed by atoms with Crippen LogP contribution in [0.5, 0.6) is 11.5 Å². The van der Waals surface area contributed by atoms with Crippen LogP contribution in [0.3, 0.4) is 0 Å². The lowest BCUT2D eigenvalue weighted by Gasteiger charge is -2.12. The third kappa shape index (κ3) is 1.96. The second-order valence-electron chi connectivity index (χ2n) is 2.84. The van der Waals surface area contributed by atoms with Gasteiger partial charge in [0.25, 0.3) is 0 Å². The van der Waals surface area contributed by atoms with E-state index >= 15 is 0 Å². The molecule has 1 aromatic carbocycles. The maximum atomic E-state index is 10.9. The molecule has 0 aliphatic rings. The Balaban J connectivity index is 3.70. The summed E-state index contributed by atoms with van der Waals surface area (Å²) in [5.41, 5.74) is 0.162. The Kier molecular flexibility index (Phi) is 3.62. The molecule has 4 nitrogen and oxygen atoms in total. The summed E-state index contributed by atoms with van der Waals surface area (Å²) in [5, 5.41) is 27.9. The minimum absolute atomic E-state index is 0.252. The molecule has 0 amide bonds. The topological polar surface area (TPSA) is 77.8 Å². The number of aromatic carboxylic acids is 1. The van der Waals surface area contributed by atoms with Crippen molar-refractivity contribution in [2.45, 2.75) is 13.3 Å². The number of aromatic hydroxyl groups is 2. The van der Waals surface area contributed by atoms with Gasteiger partial charge in [0.05, 0.1) is 4.47 Å². The van der Waals surface area contributed by atoms with Crippen molar-refractivity contribution >= 4 is 37.8 Å². The molecule has 0 heterocycles. The molecule has 0 atom stereocenters. The molecule has 0 saturated carbocycles. The third-order valence-electron chi connectivity index (χ3n) is 2.00. The highest BCUT2D eigenvalue weighted by atomic mass is 79.9. The fraction of sp³-hybridized carbons (Fsp3) is 0.222. The van der Waals surface area contributed by atoms with Crippen LogP contribution in [0.1, 0.15) is 22.8 Å². The molecular weight excluding hydrogens is 332 g/mol. The van der Waals surface area contributed by atoms with Crippen LogP contribution in [-0.4, -0.2) is 21.3 Å². The Morgan fingerprint density at radius 2 is 1.73 bits per heavy atom. The first-order valence-electron chi connectivity index (χ1n) is 4.06. The quantitative estimate of drug-likeness (QED) is 0.724. The summed E-state index contributed by atoms with van der Waals surface area (Å²) < 4.78 is 0.694. The predicted octanol–water partition coefficient (Wildman–Crippen LogP) is 2.88. The number of carboxylic acids is 1. The van der Waals surface area contributed by atoms with Crippen LogP contribution in [0.15, 0.2) is 8.95 Å². The first-order valence-corrected chi connectivity index (χ1v) is 5.65. The van der Waals surface area contributed by atoms with E-state index < -0.39 is 17.5 Å². The number of phenolic OH excluding ortho intramolecular Hbond substituents is 1. The molecule has 6 heteroatoms. The zero-order chi connectivity index (χ0) is 11.7. The highest BCUT2D eigenvalue weighted by Crippen LogP contribution is 2.44. The molecule has 82 valence electrons. The average Bonchev–Trinajstić information content (AvgIpc) is 2.19. The van der Waals surface area contributed by atoms with Gasteiger partial charge in [-0.2, -0.15) is 0 Å². The van der Waals surface area contributed by atoms with Gasteiger partial charge < -0.3 is 15.3 Å². The van der Waals surface area contributed by atoms with E-state index in [1.165, 1.54) is 0 Å². The van der Waals surface area contributed by atoms with E-state index in [9.17, 15) is 15.0 Å². The molecule has 0 radical (unpaired) electrons. The zero-order valence-electron chi connectivity index (χ0n) is 7.71. The largest absolute Gasteiger partial charge is 0.504 e. The number of hydrogen-bond acceptors (Lipinski definition) is 3. The van der Waals surface area contributed by atoms with E-state index in [2.05, 4.69) is 31.9 Å². The van der Waals surface area contributed by atoms with E-state index in [0.29, 0.717) is 16.5 Å². The molecule has 0 aliphatic heterocycles. The lowest BCUT2D eigenvalue weighted by Crippen LogP contribution is -2.04. The number of benzene rings is 1. The van der Waals surface area contributed by atoms with Crippen molar-refractivity contribution in [2.75, 3.05) is 0 Å². The monoisotopic (exact) mass is 338 g/mol. The zero-order valence-corrected chi connectivity index (χ0v) is 10.9. The number of hydrogen-bond donors (Lipinski definition) is 3. The Bertz CT molecular complexity index is 429. The standard InChI is InChI=1S/C9H8Br2O4/c1-2-3-4(9(14)15)7(12)8(13)6(11)5(3)10/h12-13H,2H2,1H3,(H,14,15). The van der Waals surface area contributed by atoms with Crippen molar-refractivity contribution in [1.82, 2.24) is 0 Å². The fourth-order valence-electron chi connectivity index (χ4n) is 1.27. The van der Waals surface area contributed by atoms with Crippen molar-refractivity contribution in [3.8, 4) is 11.5 Å². The van der Waals surface area contributed by atoms with Crippen molar-refractivity contribution in [1.29, 1.82) is 0 Å². The molecule has 0 unspecified atom stereocenters. The van der Waals surface area contributed by atoms with Gasteiger partial charge in [-0.25, -0.2) is 4.79 Å². The second-order valence-corrected chi connectivity index (χ2v) is 4.42. The fourth-order valence-corrected chi connectivity index (χ4v) is 2.37. The van der Waals surface area contributed by atoms with Crippen molar-refractivity contribution in [3.05, 3.63) is 20.1 Å². The van der Waals surface area contributed by atoms with Gasteiger partial charge in [-0.05, 0) is 43.8 Å². The van der Waals surface area contributed by atoms with Gasteiger partial charge in [0.2, 0.25) is 0 Å². The number of halogens is 2. The molecule has 0 saturated heterocycles. The smallest absolute Gasteiger partial charge is 0.339 e. The van der Waals surface area contributed by atoms with Crippen molar-refractivity contribution in [3.63, 3.8) is 0 Å². The van der Waals surface area contributed by atoms with Gasteiger partial charge in [-0.3, -0.25) is 0 Å². The highest BCUT2D eigenvalue weighted by Gasteiger charge is 2.24. The van der Waals surface area contributed by atoms with Crippen LogP contribution < -0.4 is 0 Å². The molecule has 3 N–H and O–H groups in total. The molecule has 0 aromatic heterocycles. The third-order valence-corrected chi connectivity index (χ3v) is 4.18. The SMILES string of the molecule is CCc1c(Br)c(Br)c(O)c(O)c1C(=O)O. The van der Waals surface area contributed by atoms with Crippen LogP contribution in [0, 0.1) is 0 Å². The maximum absolute atomic E-state index is 10.9. The number of rotatable bonds is 2. The number of phenols is 2. The summed E-state index contributed by atoms with van der Waals surface area (Å²) in [5.74, 6) is -2.36. The van der Waals surface area contributed by atoms with E-state index in [0.717, 1.165) is 0 Å². The lowest BCUT2D eigenvalue weighted by atomic mass is 10.0. The van der Waals surface area contributed by atoms with Crippen LogP contribution in [0.25, 0.3) is 0 Å². The summed E-state index contributed by atoms with van der Waals surface area (Å²) in [4.78, 5) is 10.9. The van der Waals surface area contributed by atoms with Gasteiger partial charge >= 0.3 is 5.97 Å². The van der Waals surface area contributed by atoms with Crippen molar-refractivity contribution in [2.24, 2.45) is 0 Å². The first-order chi connectivity index (χ1) is 6.91. The predicted molar refractivity (Wildman–Crippen MR) is 61.5 cm³/mol. The average molecular weight is 340 g/mol. The summed E-state index contributed by atoms with van der Waals surface area (Å²) in [6, 6.07) is 0. The molecule has 0 spiro atoms. The van der Waals surface area contributed by atoms with Gasteiger partial charge in [0.1, 0.15) is 5.56 Å². The van der Waals surface area contributed by atoms with E-state index in [1.807, 2.05) is 0 Å². The molecular formula is C9H8Br2O4. The normalized spacial score (nSPS) is 10.3. The summed E-state index contributed by atoms with van der Waals surface area (Å²) in [7, 11) is 0. The maximum Gasteiger partial charge on any atom is 0.339 e. The Morgan fingerprint density at radius 1 is 1.20 bits per heavy atom. The molecule has 1 rings (SSSR count). The molecule has 0 bridgehead atoms. The lowest BCUT2D eigenvalue weighted by molar-refractivity contribution is 0.0691. The van der Waals surface area contributed by atoms with E-state index in [-0.39, 0.29) is 10.0 Å². The minimum Gasteiger partial charge on any atom is -0.504 e. The summed E-state index contributed by atoms with van der Waals surface area (Å²) in [6.07, 6.45) is 0.425. The van der Waals surface area contributed by atoms with E-state index in [1.54, 1.807) is 6.92 Å². The van der Waals surface area contributed by atoms with Crippen LogP contribution in [0.4, 0.5) is 0 Å². The Labute approximate surface area is 103 Å². The molecule has 1 aromatic rings. The van der Waals surface area contributed by atoms with Crippen LogP contribution in [-0.2, 0) is 6.42 Å². The first kappa shape index (κ1) is 12.3. The second kappa shape index (κ2) is 4.40. The van der Waals surface area contributed by atoms with Crippen molar-refractivity contribution < 1.29 is 20.1 Å². The highest BCUT2D eigenvalue weighted by molar-refractivity contribution is 9.13. The minimum atomic E-state index is -1.27. The van der Waals surface area contributed by atoms with Gasteiger partial charge in [0, 0.05) is 4.47 Å². The van der Waals surface area contributed by atoms with E-state index in [4.69, 9.17) is 5.11 Å². The van der Waals surface area contributed by atoms with Crippen LogP contribution >= 0.6 is 31.9 Å². The molecule has 0 aliphatic carbocycles. The summed E-state index contributed by atoms with van der Waals surface area (Å²) in [6.45, 7) is 1.76. The number of carbonyl (C=O) groups is 1. The number of carboxylic acid groups (broad SMARTS) is 1. The van der Waals surface area contributed by atoms with Crippen LogP contribution in [0.2, 0.25) is 0 Å². The Hall–Kier alpha value is -0.750.